The van der Waals surface area contributed by atoms with E-state index in [0.717, 1.165) is 67.3 Å². The average molecular weight is 957 g/mol. The third-order valence-corrected chi connectivity index (χ3v) is 10.9. The maximum atomic E-state index is 6.87. The average Bonchev–Trinajstić information content (AvgIpc) is 3.85. The van der Waals surface area contributed by atoms with Crippen molar-refractivity contribution >= 4 is 33.8 Å². The summed E-state index contributed by atoms with van der Waals surface area (Å²) in [6.45, 7) is 8.88. The second-order valence-corrected chi connectivity index (χ2v) is 15.8. The predicted octanol–water partition coefficient (Wildman–Crippen LogP) is 14.1. The molecule has 1 aliphatic heterocycles. The number of aromatic nitrogens is 2. The van der Waals surface area contributed by atoms with Gasteiger partial charge in [-0.05, 0) is 64.1 Å². The summed E-state index contributed by atoms with van der Waals surface area (Å²) in [5.74, 6) is 0.549. The monoisotopic (exact) mass is 956 g/mol. The maximum Gasteiger partial charge on any atom is 0.304 e. The second kappa shape index (κ2) is 16.2. The standard InChI is InChI=1S/C54H41N4O.Pt/c1-54(2,3)42-32-29-38(30-33-42)41-31-34-49-51(35-41)56(43-21-11-6-12-22-43)37-57(49)44-23-15-24-45(36-44)59-53-55-52-47(40-19-9-5-10-20-40)26-16-28-50(52)58(53)48-27-14-13-25-46(48)39-17-7-4-8-18-39;/h4-19,21-35,37H,1-3H3;/q-3;. The van der Waals surface area contributed by atoms with Crippen LogP contribution in [0, 0.1) is 18.8 Å². The van der Waals surface area contributed by atoms with Crippen molar-refractivity contribution in [3.8, 4) is 50.8 Å². The summed E-state index contributed by atoms with van der Waals surface area (Å²) in [7, 11) is 0. The van der Waals surface area contributed by atoms with E-state index in [2.05, 4.69) is 200 Å². The number of fused-ring (bicyclic) bond motifs is 2. The number of ether oxygens (including phenoxy) is 1. The van der Waals surface area contributed by atoms with Crippen LogP contribution in [0.3, 0.4) is 0 Å². The third-order valence-electron chi connectivity index (χ3n) is 10.9. The van der Waals surface area contributed by atoms with E-state index in [-0.39, 0.29) is 26.5 Å². The Morgan fingerprint density at radius 2 is 1.27 bits per heavy atom. The largest absolute Gasteiger partial charge is 0.493 e. The van der Waals surface area contributed by atoms with Gasteiger partial charge in [0.05, 0.1) is 16.7 Å². The molecule has 1 aromatic heterocycles. The van der Waals surface area contributed by atoms with Crippen molar-refractivity contribution in [2.45, 2.75) is 26.2 Å². The molecule has 2 heterocycles. The second-order valence-electron chi connectivity index (χ2n) is 15.8. The molecule has 0 saturated heterocycles. The molecule has 60 heavy (non-hydrogen) atoms. The Labute approximate surface area is 366 Å². The minimum Gasteiger partial charge on any atom is -0.493 e. The molecule has 0 saturated carbocycles. The van der Waals surface area contributed by atoms with Crippen molar-refractivity contribution in [3.63, 3.8) is 0 Å². The zero-order chi connectivity index (χ0) is 39.9. The molecule has 0 aliphatic carbocycles. The minimum absolute atomic E-state index is 0. The first-order valence-corrected chi connectivity index (χ1v) is 20.0. The number of hydrogen-bond acceptors (Lipinski definition) is 4. The van der Waals surface area contributed by atoms with Crippen LogP contribution in [0.15, 0.2) is 188 Å². The normalized spacial score (nSPS) is 12.3. The molecule has 296 valence electrons. The molecule has 0 atom stereocenters. The van der Waals surface area contributed by atoms with Crippen molar-refractivity contribution in [1.82, 2.24) is 9.55 Å². The summed E-state index contributed by atoms with van der Waals surface area (Å²) in [4.78, 5) is 9.66. The van der Waals surface area contributed by atoms with Crippen LogP contribution in [-0.2, 0) is 26.5 Å². The van der Waals surface area contributed by atoms with Gasteiger partial charge in [-0.15, -0.1) is 66.5 Å². The van der Waals surface area contributed by atoms with Gasteiger partial charge >= 0.3 is 6.01 Å². The van der Waals surface area contributed by atoms with E-state index in [1.807, 2.05) is 42.5 Å². The Kier molecular flexibility index (Phi) is 10.5. The summed E-state index contributed by atoms with van der Waals surface area (Å²) < 4.78 is 8.99. The first kappa shape index (κ1) is 38.8. The van der Waals surface area contributed by atoms with E-state index < -0.39 is 0 Å². The van der Waals surface area contributed by atoms with E-state index in [0.29, 0.717) is 11.8 Å². The van der Waals surface area contributed by atoms with Crippen LogP contribution in [0.2, 0.25) is 0 Å². The molecule has 8 aromatic carbocycles. The van der Waals surface area contributed by atoms with Gasteiger partial charge in [-0.1, -0.05) is 136 Å². The molecule has 0 unspecified atom stereocenters. The molecular weight excluding hydrogens is 916 g/mol. The molecule has 0 amide bonds. The summed E-state index contributed by atoms with van der Waals surface area (Å²) in [5.41, 5.74) is 14.6. The fourth-order valence-corrected chi connectivity index (χ4v) is 7.91. The molecule has 0 spiro atoms. The van der Waals surface area contributed by atoms with Crippen LogP contribution in [0.5, 0.6) is 11.8 Å². The van der Waals surface area contributed by atoms with Gasteiger partial charge in [0.25, 0.3) is 0 Å². The van der Waals surface area contributed by atoms with E-state index >= 15 is 0 Å². The van der Waals surface area contributed by atoms with E-state index in [1.165, 1.54) is 11.1 Å². The molecule has 0 N–H and O–H groups in total. The molecule has 0 fully saturated rings. The minimum atomic E-state index is 0. The van der Waals surface area contributed by atoms with Gasteiger partial charge in [0.1, 0.15) is 0 Å². The Bertz CT molecular complexity index is 2920. The van der Waals surface area contributed by atoms with Crippen molar-refractivity contribution < 1.29 is 25.8 Å². The maximum absolute atomic E-state index is 6.87. The van der Waals surface area contributed by atoms with Gasteiger partial charge < -0.3 is 14.5 Å². The number of anilines is 4. The first-order chi connectivity index (χ1) is 28.9. The van der Waals surface area contributed by atoms with Gasteiger partial charge in [0.15, 0.2) is 0 Å². The number of benzene rings is 8. The molecule has 0 bridgehead atoms. The van der Waals surface area contributed by atoms with Gasteiger partial charge in [-0.25, -0.2) is 4.98 Å². The number of rotatable bonds is 8. The third kappa shape index (κ3) is 7.31. The van der Waals surface area contributed by atoms with E-state index in [9.17, 15) is 0 Å². The molecule has 9 aromatic rings. The summed E-state index contributed by atoms with van der Waals surface area (Å²) in [6.07, 6.45) is 0. The Balaban J connectivity index is 0.00000462. The van der Waals surface area contributed by atoms with Crippen LogP contribution in [0.4, 0.5) is 22.7 Å². The fraction of sp³-hybridized carbons (Fsp3) is 0.0741. The molecular formula is C54H41N4OPt-3. The molecule has 1 aliphatic rings. The SMILES string of the molecule is CC(C)(C)c1ccc(-c2ccc3c(c2)N(c2ccccc2)[CH-]N3c2[c-]c(Oc3nc4c(-c5[c-]cccc5)cccc4n3-c3ccccc3-c3ccccc3)ccc2)cc1.[Pt]. The number of hydrogen-bond donors (Lipinski definition) is 0. The number of para-hydroxylation sites is 3. The quantitative estimate of drug-likeness (QED) is 0.142. The van der Waals surface area contributed by atoms with Crippen LogP contribution in [0.1, 0.15) is 26.3 Å². The summed E-state index contributed by atoms with van der Waals surface area (Å²) in [5, 5.41) is 0. The summed E-state index contributed by atoms with van der Waals surface area (Å²) >= 11 is 0. The van der Waals surface area contributed by atoms with Crippen LogP contribution >= 0.6 is 0 Å². The van der Waals surface area contributed by atoms with Crippen LogP contribution < -0.4 is 14.5 Å². The van der Waals surface area contributed by atoms with Crippen molar-refractivity contribution in [2.24, 2.45) is 0 Å². The Hall–Kier alpha value is -6.68. The Morgan fingerprint density at radius 1 is 0.567 bits per heavy atom. The van der Waals surface area contributed by atoms with Gasteiger partial charge in [0, 0.05) is 49.4 Å². The van der Waals surface area contributed by atoms with Crippen LogP contribution in [-0.4, -0.2) is 9.55 Å². The van der Waals surface area contributed by atoms with E-state index in [1.54, 1.807) is 0 Å². The van der Waals surface area contributed by atoms with E-state index in [4.69, 9.17) is 9.72 Å². The Morgan fingerprint density at radius 3 is 2.03 bits per heavy atom. The molecule has 6 heteroatoms. The predicted molar refractivity (Wildman–Crippen MR) is 242 cm³/mol. The van der Waals surface area contributed by atoms with Crippen molar-refractivity contribution in [2.75, 3.05) is 9.80 Å². The molecule has 10 rings (SSSR count). The zero-order valence-corrected chi connectivity index (χ0v) is 35.8. The first-order valence-electron chi connectivity index (χ1n) is 20.0. The number of nitrogens with zero attached hydrogens (tertiary/aromatic N) is 4. The van der Waals surface area contributed by atoms with Gasteiger partial charge in [-0.2, -0.15) is 6.07 Å². The smallest absolute Gasteiger partial charge is 0.304 e. The molecule has 0 radical (unpaired) electrons. The topological polar surface area (TPSA) is 33.5 Å². The van der Waals surface area contributed by atoms with Gasteiger partial charge in [0.2, 0.25) is 0 Å². The zero-order valence-electron chi connectivity index (χ0n) is 33.5. The van der Waals surface area contributed by atoms with Gasteiger partial charge in [-0.3, -0.25) is 4.57 Å². The van der Waals surface area contributed by atoms with Crippen LogP contribution in [0.25, 0.3) is 50.1 Å². The summed E-state index contributed by atoms with van der Waals surface area (Å²) in [6, 6.07) is 72.7. The number of imidazole rings is 1. The van der Waals surface area contributed by atoms with Crippen molar-refractivity contribution in [3.05, 3.63) is 212 Å². The fourth-order valence-electron chi connectivity index (χ4n) is 7.91. The van der Waals surface area contributed by atoms with Crippen molar-refractivity contribution in [1.29, 1.82) is 0 Å². The molecule has 5 nitrogen and oxygen atoms in total.